The van der Waals surface area contributed by atoms with Crippen LogP contribution in [0.3, 0.4) is 0 Å². The van der Waals surface area contributed by atoms with E-state index in [1.165, 1.54) is 0 Å². The van der Waals surface area contributed by atoms with Crippen LogP contribution in [0, 0.1) is 5.92 Å². The molecule has 1 aromatic heterocycles. The number of carbonyl (C=O) groups excluding carboxylic acids is 1. The molecule has 4 rings (SSSR count). The Morgan fingerprint density at radius 1 is 1.12 bits per heavy atom. The van der Waals surface area contributed by atoms with Crippen molar-refractivity contribution in [3.8, 4) is 0 Å². The lowest BCUT2D eigenvalue weighted by atomic mass is 10.2. The van der Waals surface area contributed by atoms with Crippen molar-refractivity contribution < 1.29 is 4.79 Å². The maximum absolute atomic E-state index is 12.2. The molecular formula is C20H20N4O2. The van der Waals surface area contributed by atoms with Gasteiger partial charge in [0.15, 0.2) is 0 Å². The molecule has 1 fully saturated rings. The third-order valence-electron chi connectivity index (χ3n) is 4.53. The molecule has 3 N–H and O–H groups in total. The zero-order valence-corrected chi connectivity index (χ0v) is 14.5. The number of anilines is 2. The zero-order chi connectivity index (χ0) is 18.1. The van der Waals surface area contributed by atoms with Crippen LogP contribution in [0.5, 0.6) is 0 Å². The van der Waals surface area contributed by atoms with Gasteiger partial charge >= 0.3 is 0 Å². The number of fused-ring (bicyclic) bond motifs is 1. The largest absolute Gasteiger partial charge is 0.375 e. The summed E-state index contributed by atoms with van der Waals surface area (Å²) < 4.78 is 0. The number of nitrogens with zero attached hydrogens (tertiary/aromatic N) is 1. The Balaban J connectivity index is 1.48. The molecule has 6 heteroatoms. The third kappa shape index (κ3) is 3.44. The standard InChI is InChI=1S/C20H20N4O2/c1-12(18-23-17-5-3-2-4-16(17)20(26)24-18)21-14-8-10-15(11-9-14)22-19(25)13-6-7-13/h2-5,8-13,21H,6-7H2,1H3,(H,22,25)(H,23,24,26). The van der Waals surface area contributed by atoms with Crippen LogP contribution >= 0.6 is 0 Å². The highest BCUT2D eigenvalue weighted by atomic mass is 16.2. The van der Waals surface area contributed by atoms with Gasteiger partial charge in [-0.2, -0.15) is 0 Å². The second-order valence-electron chi connectivity index (χ2n) is 6.68. The number of hydrogen-bond donors (Lipinski definition) is 3. The average Bonchev–Trinajstić information content (AvgIpc) is 3.48. The van der Waals surface area contributed by atoms with Crippen LogP contribution in [0.15, 0.2) is 53.3 Å². The SMILES string of the molecule is CC(Nc1ccc(NC(=O)C2CC2)cc1)c1nc2ccccc2c(=O)[nH]1. The first kappa shape index (κ1) is 16.3. The molecule has 2 aromatic carbocycles. The Bertz CT molecular complexity index is 1010. The predicted molar refractivity (Wildman–Crippen MR) is 102 cm³/mol. The van der Waals surface area contributed by atoms with Crippen molar-refractivity contribution in [3.05, 3.63) is 64.7 Å². The van der Waals surface area contributed by atoms with Gasteiger partial charge in [-0.25, -0.2) is 4.98 Å². The van der Waals surface area contributed by atoms with E-state index in [9.17, 15) is 9.59 Å². The van der Waals surface area contributed by atoms with Gasteiger partial charge in [-0.1, -0.05) is 12.1 Å². The second kappa shape index (κ2) is 6.63. The van der Waals surface area contributed by atoms with Gasteiger partial charge in [0.05, 0.1) is 16.9 Å². The molecule has 1 aliphatic rings. The molecule has 132 valence electrons. The molecule has 0 saturated heterocycles. The molecule has 0 bridgehead atoms. The fraction of sp³-hybridized carbons (Fsp3) is 0.250. The molecule has 3 aromatic rings. The maximum atomic E-state index is 12.2. The molecule has 0 spiro atoms. The van der Waals surface area contributed by atoms with E-state index in [2.05, 4.69) is 20.6 Å². The van der Waals surface area contributed by atoms with Crippen LogP contribution in [0.4, 0.5) is 11.4 Å². The lowest BCUT2D eigenvalue weighted by Crippen LogP contribution is -2.17. The molecule has 1 amide bonds. The van der Waals surface area contributed by atoms with Crippen molar-refractivity contribution >= 4 is 28.2 Å². The van der Waals surface area contributed by atoms with Gasteiger partial charge in [0.2, 0.25) is 5.91 Å². The Kier molecular flexibility index (Phi) is 4.16. The lowest BCUT2D eigenvalue weighted by Gasteiger charge is -2.15. The van der Waals surface area contributed by atoms with Crippen molar-refractivity contribution in [2.45, 2.75) is 25.8 Å². The Labute approximate surface area is 150 Å². The van der Waals surface area contributed by atoms with Crippen molar-refractivity contribution in [2.75, 3.05) is 10.6 Å². The number of rotatable bonds is 5. The molecule has 0 radical (unpaired) electrons. The van der Waals surface area contributed by atoms with E-state index in [4.69, 9.17) is 0 Å². The number of para-hydroxylation sites is 1. The van der Waals surface area contributed by atoms with Gasteiger partial charge in [-0.05, 0) is 56.2 Å². The fourth-order valence-corrected chi connectivity index (χ4v) is 2.87. The van der Waals surface area contributed by atoms with Crippen LogP contribution in [0.2, 0.25) is 0 Å². The minimum absolute atomic E-state index is 0.0945. The first-order chi connectivity index (χ1) is 12.6. The number of aromatic amines is 1. The van der Waals surface area contributed by atoms with Gasteiger partial charge in [-0.3, -0.25) is 9.59 Å². The van der Waals surface area contributed by atoms with E-state index in [1.54, 1.807) is 6.07 Å². The summed E-state index contributed by atoms with van der Waals surface area (Å²) in [5.74, 6) is 0.862. The Morgan fingerprint density at radius 2 is 1.81 bits per heavy atom. The van der Waals surface area contributed by atoms with Crippen LogP contribution in [0.1, 0.15) is 31.6 Å². The number of H-pyrrole nitrogens is 1. The van der Waals surface area contributed by atoms with E-state index in [0.29, 0.717) is 16.7 Å². The number of benzene rings is 2. The van der Waals surface area contributed by atoms with E-state index in [0.717, 1.165) is 24.2 Å². The molecule has 26 heavy (non-hydrogen) atoms. The van der Waals surface area contributed by atoms with E-state index < -0.39 is 0 Å². The zero-order valence-electron chi connectivity index (χ0n) is 14.5. The monoisotopic (exact) mass is 348 g/mol. The lowest BCUT2D eigenvalue weighted by molar-refractivity contribution is -0.117. The second-order valence-corrected chi connectivity index (χ2v) is 6.68. The number of nitrogens with one attached hydrogen (secondary N) is 3. The van der Waals surface area contributed by atoms with Crippen molar-refractivity contribution in [3.63, 3.8) is 0 Å². The predicted octanol–water partition coefficient (Wildman–Crippen LogP) is 3.44. The average molecular weight is 348 g/mol. The summed E-state index contributed by atoms with van der Waals surface area (Å²) in [6.07, 6.45) is 1.97. The smallest absolute Gasteiger partial charge is 0.258 e. The summed E-state index contributed by atoms with van der Waals surface area (Å²) in [6.45, 7) is 1.94. The summed E-state index contributed by atoms with van der Waals surface area (Å²) >= 11 is 0. The van der Waals surface area contributed by atoms with Gasteiger partial charge in [0, 0.05) is 17.3 Å². The topological polar surface area (TPSA) is 86.9 Å². The number of aromatic nitrogens is 2. The summed E-state index contributed by atoms with van der Waals surface area (Å²) in [6, 6.07) is 14.7. The minimum Gasteiger partial charge on any atom is -0.375 e. The molecule has 6 nitrogen and oxygen atoms in total. The highest BCUT2D eigenvalue weighted by Gasteiger charge is 2.29. The van der Waals surface area contributed by atoms with Crippen molar-refractivity contribution in [2.24, 2.45) is 5.92 Å². The molecule has 1 aliphatic carbocycles. The first-order valence-corrected chi connectivity index (χ1v) is 8.76. The summed E-state index contributed by atoms with van der Waals surface area (Å²) in [4.78, 5) is 31.4. The Hall–Kier alpha value is -3.15. The van der Waals surface area contributed by atoms with Gasteiger partial charge in [0.25, 0.3) is 5.56 Å². The van der Waals surface area contributed by atoms with E-state index in [-0.39, 0.29) is 23.4 Å². The number of hydrogen-bond acceptors (Lipinski definition) is 4. The van der Waals surface area contributed by atoms with Crippen LogP contribution in [-0.2, 0) is 4.79 Å². The number of amides is 1. The maximum Gasteiger partial charge on any atom is 0.258 e. The highest BCUT2D eigenvalue weighted by molar-refractivity contribution is 5.94. The summed E-state index contributed by atoms with van der Waals surface area (Å²) in [7, 11) is 0. The van der Waals surface area contributed by atoms with Crippen LogP contribution in [-0.4, -0.2) is 15.9 Å². The summed E-state index contributed by atoms with van der Waals surface area (Å²) in [5, 5.41) is 6.82. The van der Waals surface area contributed by atoms with E-state index >= 15 is 0 Å². The third-order valence-corrected chi connectivity index (χ3v) is 4.53. The fourth-order valence-electron chi connectivity index (χ4n) is 2.87. The molecule has 1 atom stereocenters. The van der Waals surface area contributed by atoms with Crippen LogP contribution in [0.25, 0.3) is 10.9 Å². The summed E-state index contributed by atoms with van der Waals surface area (Å²) in [5.41, 5.74) is 2.21. The van der Waals surface area contributed by atoms with E-state index in [1.807, 2.05) is 49.4 Å². The molecule has 1 saturated carbocycles. The first-order valence-electron chi connectivity index (χ1n) is 8.76. The van der Waals surface area contributed by atoms with Gasteiger partial charge in [-0.15, -0.1) is 0 Å². The highest BCUT2D eigenvalue weighted by Crippen LogP contribution is 2.30. The van der Waals surface area contributed by atoms with Crippen molar-refractivity contribution in [1.82, 2.24) is 9.97 Å². The van der Waals surface area contributed by atoms with Crippen LogP contribution < -0.4 is 16.2 Å². The molecule has 1 heterocycles. The Morgan fingerprint density at radius 3 is 2.54 bits per heavy atom. The molecule has 1 unspecified atom stereocenters. The van der Waals surface area contributed by atoms with Crippen molar-refractivity contribution in [1.29, 1.82) is 0 Å². The number of carbonyl (C=O) groups is 1. The minimum atomic E-state index is -0.167. The molecular weight excluding hydrogens is 328 g/mol. The quantitative estimate of drug-likeness (QED) is 0.659. The van der Waals surface area contributed by atoms with Gasteiger partial charge < -0.3 is 15.6 Å². The molecule has 0 aliphatic heterocycles. The van der Waals surface area contributed by atoms with Gasteiger partial charge in [0.1, 0.15) is 5.82 Å². The normalized spacial score (nSPS) is 14.8.